The van der Waals surface area contributed by atoms with Crippen molar-refractivity contribution in [3.63, 3.8) is 0 Å². The van der Waals surface area contributed by atoms with Crippen molar-refractivity contribution < 1.29 is 9.53 Å². The number of rotatable bonds is 7. The summed E-state index contributed by atoms with van der Waals surface area (Å²) < 4.78 is 7.52. The maximum absolute atomic E-state index is 12.1. The summed E-state index contributed by atoms with van der Waals surface area (Å²) in [6.07, 6.45) is 2.61. The summed E-state index contributed by atoms with van der Waals surface area (Å²) in [6, 6.07) is 15.5. The molecule has 1 aliphatic rings. The number of carbonyl (C=O) groups excluding carboxylic acids is 1. The predicted molar refractivity (Wildman–Crippen MR) is 115 cm³/mol. The van der Waals surface area contributed by atoms with Crippen LogP contribution in [0, 0.1) is 5.92 Å². The highest BCUT2D eigenvalue weighted by Gasteiger charge is 2.20. The van der Waals surface area contributed by atoms with Crippen LogP contribution in [0.4, 0.5) is 0 Å². The van der Waals surface area contributed by atoms with Gasteiger partial charge in [-0.15, -0.1) is 0 Å². The number of ether oxygens (including phenoxy) is 1. The summed E-state index contributed by atoms with van der Waals surface area (Å²) in [5, 5.41) is 12.4. The van der Waals surface area contributed by atoms with E-state index in [1.807, 2.05) is 48.5 Å². The number of benzene rings is 2. The van der Waals surface area contributed by atoms with Crippen LogP contribution in [0.3, 0.4) is 0 Å². The normalized spacial score (nSPS) is 14.8. The molecule has 0 bridgehead atoms. The molecule has 1 fully saturated rings. The molecule has 152 valence electrons. The molecule has 1 aliphatic heterocycles. The van der Waals surface area contributed by atoms with Crippen LogP contribution in [0.25, 0.3) is 16.6 Å². The monoisotopic (exact) mass is 412 g/mol. The number of aromatic nitrogens is 2. The molecule has 29 heavy (non-hydrogen) atoms. The smallest absolute Gasteiger partial charge is 0.223 e. The average molecular weight is 413 g/mol. The molecule has 3 aromatic rings. The van der Waals surface area contributed by atoms with E-state index in [1.54, 1.807) is 4.68 Å². The van der Waals surface area contributed by atoms with Crippen molar-refractivity contribution in [2.45, 2.75) is 19.3 Å². The molecule has 2 aromatic carbocycles. The molecule has 0 spiro atoms. The minimum absolute atomic E-state index is 0.149. The van der Waals surface area contributed by atoms with Gasteiger partial charge in [0.05, 0.1) is 17.8 Å². The molecule has 0 saturated carbocycles. The Bertz CT molecular complexity index is 965. The fourth-order valence-electron chi connectivity index (χ4n) is 3.56. The maximum Gasteiger partial charge on any atom is 0.223 e. The molecule has 2 heterocycles. The predicted octanol–water partition coefficient (Wildman–Crippen LogP) is 3.56. The summed E-state index contributed by atoms with van der Waals surface area (Å²) in [6.45, 7) is 3.04. The van der Waals surface area contributed by atoms with Crippen molar-refractivity contribution in [2.75, 3.05) is 26.2 Å². The van der Waals surface area contributed by atoms with Crippen LogP contribution in [0.5, 0.6) is 5.75 Å². The molecular formula is C22H25ClN4O2. The van der Waals surface area contributed by atoms with Gasteiger partial charge in [0, 0.05) is 17.8 Å². The van der Waals surface area contributed by atoms with E-state index in [-0.39, 0.29) is 11.8 Å². The molecule has 1 saturated heterocycles. The lowest BCUT2D eigenvalue weighted by atomic mass is 9.97. The molecule has 7 heteroatoms. The van der Waals surface area contributed by atoms with Gasteiger partial charge in [0.15, 0.2) is 0 Å². The van der Waals surface area contributed by atoms with E-state index in [4.69, 9.17) is 16.3 Å². The molecule has 0 atom stereocenters. The van der Waals surface area contributed by atoms with Gasteiger partial charge in [-0.1, -0.05) is 23.7 Å². The number of hydrogen-bond donors (Lipinski definition) is 2. The van der Waals surface area contributed by atoms with Crippen molar-refractivity contribution in [1.29, 1.82) is 0 Å². The quantitative estimate of drug-likeness (QED) is 0.582. The number of halogens is 1. The number of amides is 1. The van der Waals surface area contributed by atoms with E-state index in [2.05, 4.69) is 15.7 Å². The lowest BCUT2D eigenvalue weighted by Gasteiger charge is -2.21. The lowest BCUT2D eigenvalue weighted by Crippen LogP contribution is -2.38. The van der Waals surface area contributed by atoms with Gasteiger partial charge in [0.25, 0.3) is 0 Å². The van der Waals surface area contributed by atoms with E-state index in [0.717, 1.165) is 54.7 Å². The first-order valence-electron chi connectivity index (χ1n) is 10.1. The SMILES string of the molecule is O=C(NCCCOc1ccc(-n2nc3ccccc3c2Cl)cc1)C1CCNCC1. The molecule has 1 amide bonds. The molecule has 0 unspecified atom stereocenters. The van der Waals surface area contributed by atoms with E-state index in [9.17, 15) is 4.79 Å². The van der Waals surface area contributed by atoms with Crippen molar-refractivity contribution in [1.82, 2.24) is 20.4 Å². The molecule has 1 aromatic heterocycles. The second-order valence-electron chi connectivity index (χ2n) is 7.23. The summed E-state index contributed by atoms with van der Waals surface area (Å²) >= 11 is 6.46. The summed E-state index contributed by atoms with van der Waals surface area (Å²) in [5.41, 5.74) is 1.75. The van der Waals surface area contributed by atoms with Gasteiger partial charge in [-0.3, -0.25) is 4.79 Å². The number of fused-ring (bicyclic) bond motifs is 1. The highest BCUT2D eigenvalue weighted by molar-refractivity contribution is 6.34. The zero-order valence-electron chi connectivity index (χ0n) is 16.2. The van der Waals surface area contributed by atoms with Gasteiger partial charge < -0.3 is 15.4 Å². The number of nitrogens with zero attached hydrogens (tertiary/aromatic N) is 2. The van der Waals surface area contributed by atoms with Gasteiger partial charge in [-0.2, -0.15) is 5.10 Å². The minimum Gasteiger partial charge on any atom is -0.494 e. The van der Waals surface area contributed by atoms with Crippen LogP contribution < -0.4 is 15.4 Å². The lowest BCUT2D eigenvalue weighted by molar-refractivity contribution is -0.125. The Morgan fingerprint density at radius 3 is 2.69 bits per heavy atom. The summed E-state index contributed by atoms with van der Waals surface area (Å²) in [7, 11) is 0. The third kappa shape index (κ3) is 4.71. The summed E-state index contributed by atoms with van der Waals surface area (Å²) in [5.74, 6) is 1.10. The number of piperidine rings is 1. The van der Waals surface area contributed by atoms with E-state index in [1.165, 1.54) is 0 Å². The fourth-order valence-corrected chi connectivity index (χ4v) is 3.85. The third-order valence-electron chi connectivity index (χ3n) is 5.20. The van der Waals surface area contributed by atoms with Gasteiger partial charge >= 0.3 is 0 Å². The molecule has 0 radical (unpaired) electrons. The Morgan fingerprint density at radius 1 is 1.17 bits per heavy atom. The van der Waals surface area contributed by atoms with Crippen LogP contribution in [0.2, 0.25) is 5.15 Å². The second-order valence-corrected chi connectivity index (χ2v) is 7.59. The zero-order chi connectivity index (χ0) is 20.1. The van der Waals surface area contributed by atoms with Gasteiger partial charge in [0.1, 0.15) is 10.9 Å². The molecule has 0 aliphatic carbocycles. The minimum atomic E-state index is 0.149. The van der Waals surface area contributed by atoms with Crippen LogP contribution in [-0.4, -0.2) is 41.9 Å². The van der Waals surface area contributed by atoms with Crippen LogP contribution in [0.15, 0.2) is 48.5 Å². The van der Waals surface area contributed by atoms with E-state index in [0.29, 0.717) is 18.3 Å². The standard InChI is InChI=1S/C22H25ClN4O2/c23-21-19-4-1-2-5-20(19)26-27(21)17-6-8-18(9-7-17)29-15-3-12-25-22(28)16-10-13-24-14-11-16/h1-2,4-9,16,24H,3,10-15H2,(H,25,28). The number of carbonyl (C=O) groups is 1. The Hall–Kier alpha value is -2.57. The Labute approximate surface area is 175 Å². The topological polar surface area (TPSA) is 68.2 Å². The van der Waals surface area contributed by atoms with Crippen LogP contribution >= 0.6 is 11.6 Å². The van der Waals surface area contributed by atoms with E-state index < -0.39 is 0 Å². The van der Waals surface area contributed by atoms with Crippen molar-refractivity contribution in [3.8, 4) is 11.4 Å². The number of nitrogens with one attached hydrogen (secondary N) is 2. The maximum atomic E-state index is 12.1. The van der Waals surface area contributed by atoms with Gasteiger partial charge in [-0.25, -0.2) is 4.68 Å². The van der Waals surface area contributed by atoms with E-state index >= 15 is 0 Å². The van der Waals surface area contributed by atoms with Gasteiger partial charge in [0.2, 0.25) is 5.91 Å². The third-order valence-corrected chi connectivity index (χ3v) is 5.56. The van der Waals surface area contributed by atoms with Crippen molar-refractivity contribution >= 4 is 28.4 Å². The highest BCUT2D eigenvalue weighted by Crippen LogP contribution is 2.26. The molecule has 2 N–H and O–H groups in total. The Morgan fingerprint density at radius 2 is 1.93 bits per heavy atom. The second kappa shape index (κ2) is 9.29. The zero-order valence-corrected chi connectivity index (χ0v) is 17.0. The average Bonchev–Trinajstić information content (AvgIpc) is 3.11. The first kappa shape index (κ1) is 19.7. The molecule has 6 nitrogen and oxygen atoms in total. The van der Waals surface area contributed by atoms with Crippen molar-refractivity contribution in [2.24, 2.45) is 5.92 Å². The summed E-state index contributed by atoms with van der Waals surface area (Å²) in [4.78, 5) is 12.1. The first-order valence-corrected chi connectivity index (χ1v) is 10.4. The Balaban J connectivity index is 1.25. The highest BCUT2D eigenvalue weighted by atomic mass is 35.5. The molecular weight excluding hydrogens is 388 g/mol. The van der Waals surface area contributed by atoms with Crippen molar-refractivity contribution in [3.05, 3.63) is 53.7 Å². The van der Waals surface area contributed by atoms with Crippen LogP contribution in [0.1, 0.15) is 19.3 Å². The molecule has 4 rings (SSSR count). The Kier molecular flexibility index (Phi) is 6.32. The largest absolute Gasteiger partial charge is 0.494 e. The van der Waals surface area contributed by atoms with Crippen LogP contribution in [-0.2, 0) is 4.79 Å². The van der Waals surface area contributed by atoms with Gasteiger partial charge in [-0.05, 0) is 68.8 Å². The number of hydrogen-bond acceptors (Lipinski definition) is 4. The first-order chi connectivity index (χ1) is 14.2. The fraction of sp³-hybridized carbons (Fsp3) is 0.364.